The Bertz CT molecular complexity index is 378. The fourth-order valence-corrected chi connectivity index (χ4v) is 2.55. The minimum Gasteiger partial charge on any atom is -0.493 e. The monoisotopic (exact) mass is 239 g/mol. The Labute approximate surface area is 102 Å². The van der Waals surface area contributed by atoms with E-state index in [9.17, 15) is 0 Å². The highest BCUT2D eigenvalue weighted by molar-refractivity contribution is 6.30. The van der Waals surface area contributed by atoms with E-state index in [-0.39, 0.29) is 0 Å². The summed E-state index contributed by atoms with van der Waals surface area (Å²) in [4.78, 5) is 0. The molecule has 0 amide bonds. The topological polar surface area (TPSA) is 21.3 Å². The van der Waals surface area contributed by atoms with Crippen molar-refractivity contribution in [2.24, 2.45) is 0 Å². The minimum absolute atomic E-state index is 0.343. The van der Waals surface area contributed by atoms with E-state index in [1.165, 1.54) is 11.1 Å². The lowest BCUT2D eigenvalue weighted by molar-refractivity contribution is 0.348. The molecule has 2 rings (SSSR count). The second kappa shape index (κ2) is 5.07. The van der Waals surface area contributed by atoms with Gasteiger partial charge in [0.2, 0.25) is 0 Å². The van der Waals surface area contributed by atoms with E-state index < -0.39 is 0 Å². The molecular weight excluding hydrogens is 222 g/mol. The third-order valence-electron chi connectivity index (χ3n) is 3.08. The first-order chi connectivity index (χ1) is 7.76. The van der Waals surface area contributed by atoms with Crippen molar-refractivity contribution in [1.82, 2.24) is 5.32 Å². The van der Waals surface area contributed by atoms with Crippen LogP contribution in [0, 0.1) is 0 Å². The molecule has 88 valence electrons. The van der Waals surface area contributed by atoms with Crippen LogP contribution in [-0.2, 0) is 6.42 Å². The summed E-state index contributed by atoms with van der Waals surface area (Å²) in [5.41, 5.74) is 2.46. The SMILES string of the molecule is CCCC(NC)c1cc(Cl)cc2c1OCC2. The molecule has 1 unspecified atom stereocenters. The van der Waals surface area contributed by atoms with Crippen LogP contribution in [0.15, 0.2) is 12.1 Å². The normalized spacial score (nSPS) is 15.7. The molecule has 1 N–H and O–H groups in total. The summed E-state index contributed by atoms with van der Waals surface area (Å²) in [6, 6.07) is 4.39. The molecule has 1 aliphatic rings. The molecule has 3 heteroatoms. The van der Waals surface area contributed by atoms with Gasteiger partial charge in [0, 0.05) is 23.0 Å². The Morgan fingerprint density at radius 2 is 2.31 bits per heavy atom. The zero-order valence-corrected chi connectivity index (χ0v) is 10.6. The molecule has 0 saturated carbocycles. The van der Waals surface area contributed by atoms with E-state index in [0.717, 1.165) is 36.6 Å². The van der Waals surface area contributed by atoms with Gasteiger partial charge in [-0.15, -0.1) is 0 Å². The van der Waals surface area contributed by atoms with E-state index in [2.05, 4.69) is 12.2 Å². The lowest BCUT2D eigenvalue weighted by atomic mass is 9.98. The first-order valence-electron chi connectivity index (χ1n) is 5.88. The summed E-state index contributed by atoms with van der Waals surface area (Å²) in [6.07, 6.45) is 3.23. The maximum absolute atomic E-state index is 6.15. The minimum atomic E-state index is 0.343. The van der Waals surface area contributed by atoms with Crippen molar-refractivity contribution in [1.29, 1.82) is 0 Å². The van der Waals surface area contributed by atoms with Crippen LogP contribution in [0.5, 0.6) is 5.75 Å². The third-order valence-corrected chi connectivity index (χ3v) is 3.30. The Morgan fingerprint density at radius 1 is 1.50 bits per heavy atom. The van der Waals surface area contributed by atoms with E-state index in [4.69, 9.17) is 16.3 Å². The largest absolute Gasteiger partial charge is 0.493 e. The van der Waals surface area contributed by atoms with Crippen LogP contribution in [-0.4, -0.2) is 13.7 Å². The van der Waals surface area contributed by atoms with Crippen LogP contribution >= 0.6 is 11.6 Å². The van der Waals surface area contributed by atoms with Crippen molar-refractivity contribution < 1.29 is 4.74 Å². The number of nitrogens with one attached hydrogen (secondary N) is 1. The van der Waals surface area contributed by atoms with Gasteiger partial charge in [-0.2, -0.15) is 0 Å². The predicted molar refractivity (Wildman–Crippen MR) is 67.4 cm³/mol. The maximum Gasteiger partial charge on any atom is 0.127 e. The molecule has 2 nitrogen and oxygen atoms in total. The number of halogens is 1. The molecule has 0 aliphatic carbocycles. The lowest BCUT2D eigenvalue weighted by Gasteiger charge is -2.19. The number of ether oxygens (including phenoxy) is 1. The number of rotatable bonds is 4. The molecule has 0 bridgehead atoms. The summed E-state index contributed by atoms with van der Waals surface area (Å²) in [6.45, 7) is 2.97. The number of fused-ring (bicyclic) bond motifs is 1. The molecule has 0 aromatic heterocycles. The molecule has 0 radical (unpaired) electrons. The standard InChI is InChI=1S/C13H18ClNO/c1-3-4-12(15-2)11-8-10(14)7-9-5-6-16-13(9)11/h7-8,12,15H,3-6H2,1-2H3. The Balaban J connectivity index is 2.38. The summed E-state index contributed by atoms with van der Waals surface area (Å²) in [7, 11) is 1.99. The highest BCUT2D eigenvalue weighted by Gasteiger charge is 2.21. The van der Waals surface area contributed by atoms with Crippen molar-refractivity contribution in [2.75, 3.05) is 13.7 Å². The van der Waals surface area contributed by atoms with Crippen molar-refractivity contribution in [3.63, 3.8) is 0 Å². The zero-order chi connectivity index (χ0) is 11.5. The lowest BCUT2D eigenvalue weighted by Crippen LogP contribution is -2.16. The number of benzene rings is 1. The second-order valence-electron chi connectivity index (χ2n) is 4.21. The van der Waals surface area contributed by atoms with E-state index in [0.29, 0.717) is 6.04 Å². The van der Waals surface area contributed by atoms with Crippen molar-refractivity contribution in [3.8, 4) is 5.75 Å². The Hall–Kier alpha value is -0.730. The van der Waals surface area contributed by atoms with Gasteiger partial charge in [-0.05, 0) is 31.2 Å². The first-order valence-corrected chi connectivity index (χ1v) is 6.26. The fourth-order valence-electron chi connectivity index (χ4n) is 2.30. The van der Waals surface area contributed by atoms with Crippen LogP contribution in [0.25, 0.3) is 0 Å². The molecule has 1 aliphatic heterocycles. The van der Waals surface area contributed by atoms with Gasteiger partial charge < -0.3 is 10.1 Å². The summed E-state index contributed by atoms with van der Waals surface area (Å²) in [5.74, 6) is 1.05. The average molecular weight is 240 g/mol. The van der Waals surface area contributed by atoms with Crippen LogP contribution in [0.1, 0.15) is 36.9 Å². The summed E-state index contributed by atoms with van der Waals surface area (Å²) in [5, 5.41) is 4.15. The van der Waals surface area contributed by atoms with Gasteiger partial charge in [-0.1, -0.05) is 24.9 Å². The van der Waals surface area contributed by atoms with Crippen molar-refractivity contribution in [3.05, 3.63) is 28.3 Å². The Morgan fingerprint density at radius 3 is 3.00 bits per heavy atom. The molecule has 16 heavy (non-hydrogen) atoms. The molecule has 0 saturated heterocycles. The molecule has 1 atom stereocenters. The van der Waals surface area contributed by atoms with Crippen LogP contribution in [0.3, 0.4) is 0 Å². The molecule has 0 fully saturated rings. The smallest absolute Gasteiger partial charge is 0.127 e. The van der Waals surface area contributed by atoms with Crippen LogP contribution < -0.4 is 10.1 Å². The van der Waals surface area contributed by atoms with Gasteiger partial charge in [-0.25, -0.2) is 0 Å². The molecular formula is C13H18ClNO. The maximum atomic E-state index is 6.15. The van der Waals surface area contributed by atoms with E-state index in [1.54, 1.807) is 0 Å². The first kappa shape index (κ1) is 11.7. The molecule has 1 heterocycles. The second-order valence-corrected chi connectivity index (χ2v) is 4.65. The molecule has 0 spiro atoms. The highest BCUT2D eigenvalue weighted by atomic mass is 35.5. The fraction of sp³-hybridized carbons (Fsp3) is 0.538. The zero-order valence-electron chi connectivity index (χ0n) is 9.85. The van der Waals surface area contributed by atoms with Crippen molar-refractivity contribution in [2.45, 2.75) is 32.2 Å². The average Bonchev–Trinajstić information content (AvgIpc) is 2.72. The predicted octanol–water partition coefficient (Wildman–Crippen LogP) is 3.34. The van der Waals surface area contributed by atoms with Gasteiger partial charge in [0.1, 0.15) is 5.75 Å². The number of hydrogen-bond acceptors (Lipinski definition) is 2. The third kappa shape index (κ3) is 2.18. The molecule has 1 aromatic carbocycles. The Kier molecular flexibility index (Phi) is 3.72. The van der Waals surface area contributed by atoms with Gasteiger partial charge in [0.05, 0.1) is 6.61 Å². The quantitative estimate of drug-likeness (QED) is 0.870. The van der Waals surface area contributed by atoms with Gasteiger partial charge in [-0.3, -0.25) is 0 Å². The molecule has 1 aromatic rings. The van der Waals surface area contributed by atoms with Crippen molar-refractivity contribution >= 4 is 11.6 Å². The van der Waals surface area contributed by atoms with Crippen LogP contribution in [0.2, 0.25) is 5.02 Å². The van der Waals surface area contributed by atoms with E-state index >= 15 is 0 Å². The van der Waals surface area contributed by atoms with E-state index in [1.807, 2.05) is 19.2 Å². The van der Waals surface area contributed by atoms with Gasteiger partial charge in [0.15, 0.2) is 0 Å². The summed E-state index contributed by atoms with van der Waals surface area (Å²) >= 11 is 6.15. The highest BCUT2D eigenvalue weighted by Crippen LogP contribution is 2.37. The summed E-state index contributed by atoms with van der Waals surface area (Å²) < 4.78 is 5.72. The number of hydrogen-bond donors (Lipinski definition) is 1. The van der Waals surface area contributed by atoms with Gasteiger partial charge in [0.25, 0.3) is 0 Å². The van der Waals surface area contributed by atoms with Crippen LogP contribution in [0.4, 0.5) is 0 Å². The van der Waals surface area contributed by atoms with Gasteiger partial charge >= 0.3 is 0 Å².